The SMILES string of the molecule is O=C(NC/C=N\OCc1ccccc1)c1ccc(C2=NOC(c3cc(Cl)c(Cl)c(Cl)c3)(C(F)(F)F)C2)c2ccccc12. The van der Waals surface area contributed by atoms with E-state index in [1.165, 1.54) is 12.3 Å². The summed E-state index contributed by atoms with van der Waals surface area (Å²) in [5.74, 6) is -0.396. The molecule has 1 amide bonds. The number of carbonyl (C=O) groups is 1. The van der Waals surface area contributed by atoms with Crippen LogP contribution in [0.25, 0.3) is 10.8 Å². The number of amides is 1. The lowest BCUT2D eigenvalue weighted by molar-refractivity contribution is -0.275. The highest BCUT2D eigenvalue weighted by molar-refractivity contribution is 6.48. The first-order chi connectivity index (χ1) is 20.1. The maximum absolute atomic E-state index is 14.5. The van der Waals surface area contributed by atoms with Crippen LogP contribution >= 0.6 is 34.8 Å². The second-order valence-electron chi connectivity index (χ2n) is 9.35. The smallest absolute Gasteiger partial charge is 0.391 e. The first-order valence-electron chi connectivity index (χ1n) is 12.6. The Morgan fingerprint density at radius 1 is 1.00 bits per heavy atom. The molecule has 0 saturated carbocycles. The molecule has 0 aliphatic carbocycles. The molecule has 6 nitrogen and oxygen atoms in total. The lowest BCUT2D eigenvalue weighted by Gasteiger charge is -2.30. The zero-order valence-electron chi connectivity index (χ0n) is 21.6. The molecule has 42 heavy (non-hydrogen) atoms. The average molecular weight is 635 g/mol. The van der Waals surface area contributed by atoms with Crippen LogP contribution in [0.15, 0.2) is 89.2 Å². The Hall–Kier alpha value is -3.79. The van der Waals surface area contributed by atoms with Crippen molar-refractivity contribution in [3.8, 4) is 0 Å². The van der Waals surface area contributed by atoms with Crippen LogP contribution in [0.1, 0.15) is 33.5 Å². The largest absolute Gasteiger partial charge is 0.435 e. The van der Waals surface area contributed by atoms with E-state index in [9.17, 15) is 18.0 Å². The first kappa shape index (κ1) is 29.7. The number of alkyl halides is 3. The van der Waals surface area contributed by atoms with E-state index in [0.717, 1.165) is 17.7 Å². The van der Waals surface area contributed by atoms with E-state index in [-0.39, 0.29) is 32.9 Å². The Balaban J connectivity index is 1.35. The van der Waals surface area contributed by atoms with Crippen molar-refractivity contribution >= 4 is 63.4 Å². The van der Waals surface area contributed by atoms with E-state index in [4.69, 9.17) is 44.5 Å². The molecule has 216 valence electrons. The molecule has 1 unspecified atom stereocenters. The molecule has 0 bridgehead atoms. The van der Waals surface area contributed by atoms with Crippen molar-refractivity contribution in [3.05, 3.63) is 116 Å². The van der Waals surface area contributed by atoms with E-state index in [0.29, 0.717) is 28.5 Å². The molecule has 12 heteroatoms. The number of hydrogen-bond acceptors (Lipinski definition) is 5. The number of carbonyl (C=O) groups excluding carboxylic acids is 1. The molecule has 1 N–H and O–H groups in total. The quantitative estimate of drug-likeness (QED) is 0.120. The van der Waals surface area contributed by atoms with E-state index >= 15 is 0 Å². The lowest BCUT2D eigenvalue weighted by atomic mass is 9.85. The maximum Gasteiger partial charge on any atom is 0.435 e. The molecule has 4 aromatic rings. The maximum atomic E-state index is 14.5. The molecule has 1 aliphatic rings. The number of nitrogens with zero attached hydrogens (tertiary/aromatic N) is 2. The van der Waals surface area contributed by atoms with Gasteiger partial charge in [-0.1, -0.05) is 106 Å². The van der Waals surface area contributed by atoms with Crippen LogP contribution in [-0.2, 0) is 21.9 Å². The summed E-state index contributed by atoms with van der Waals surface area (Å²) in [5, 5.41) is 11.1. The van der Waals surface area contributed by atoms with Crippen molar-refractivity contribution in [3.63, 3.8) is 0 Å². The number of nitrogens with one attached hydrogen (secondary N) is 1. The third-order valence-corrected chi connectivity index (χ3v) is 7.89. The minimum Gasteiger partial charge on any atom is -0.391 e. The topological polar surface area (TPSA) is 72.3 Å². The number of benzene rings is 4. The predicted molar refractivity (Wildman–Crippen MR) is 157 cm³/mol. The van der Waals surface area contributed by atoms with Crippen LogP contribution in [-0.4, -0.2) is 30.6 Å². The van der Waals surface area contributed by atoms with Gasteiger partial charge in [-0.25, -0.2) is 0 Å². The summed E-state index contributed by atoms with van der Waals surface area (Å²) in [4.78, 5) is 23.4. The van der Waals surface area contributed by atoms with Crippen molar-refractivity contribution in [2.24, 2.45) is 10.3 Å². The summed E-state index contributed by atoms with van der Waals surface area (Å²) in [6, 6.07) is 21.6. The average Bonchev–Trinajstić information content (AvgIpc) is 3.44. The molecule has 0 spiro atoms. The van der Waals surface area contributed by atoms with Crippen LogP contribution in [0, 0.1) is 0 Å². The Morgan fingerprint density at radius 2 is 1.67 bits per heavy atom. The fourth-order valence-electron chi connectivity index (χ4n) is 4.60. The summed E-state index contributed by atoms with van der Waals surface area (Å²) in [5.41, 5.74) is -1.46. The third kappa shape index (κ3) is 5.90. The van der Waals surface area contributed by atoms with Crippen molar-refractivity contribution in [2.45, 2.75) is 24.8 Å². The monoisotopic (exact) mass is 633 g/mol. The second-order valence-corrected chi connectivity index (χ2v) is 10.5. The summed E-state index contributed by atoms with van der Waals surface area (Å²) >= 11 is 18.1. The van der Waals surface area contributed by atoms with Gasteiger partial charge in [-0.2, -0.15) is 13.2 Å². The van der Waals surface area contributed by atoms with Gasteiger partial charge >= 0.3 is 6.18 Å². The molecule has 4 aromatic carbocycles. The minimum absolute atomic E-state index is 0.0420. The highest BCUT2D eigenvalue weighted by atomic mass is 35.5. The number of halogens is 6. The van der Waals surface area contributed by atoms with Gasteiger partial charge in [0.25, 0.3) is 11.5 Å². The second kappa shape index (κ2) is 12.2. The predicted octanol–water partition coefficient (Wildman–Crippen LogP) is 8.31. The van der Waals surface area contributed by atoms with Crippen molar-refractivity contribution in [1.29, 1.82) is 0 Å². The van der Waals surface area contributed by atoms with E-state index < -0.39 is 24.1 Å². The normalized spacial score (nSPS) is 16.9. The summed E-state index contributed by atoms with van der Waals surface area (Å²) < 4.78 is 43.6. The highest BCUT2D eigenvalue weighted by Crippen LogP contribution is 2.51. The van der Waals surface area contributed by atoms with E-state index in [2.05, 4.69) is 15.6 Å². The molecular formula is C30H21Cl3F3N3O3. The highest BCUT2D eigenvalue weighted by Gasteiger charge is 2.62. The standard InChI is InChI=1S/C30H21Cl3F3N3O3/c31-24-14-19(15-25(32)27(24)33)29(30(34,35)36)16-26(39-42-29)22-10-11-23(21-9-5-4-8-20(21)22)28(40)37-12-13-38-41-17-18-6-2-1-3-7-18/h1-11,13-15H,12,16-17H2,(H,37,40)/b38-13-. The van der Waals surface area contributed by atoms with Crippen LogP contribution in [0.2, 0.25) is 15.1 Å². The number of hydrogen-bond donors (Lipinski definition) is 1. The van der Waals surface area contributed by atoms with Crippen LogP contribution in [0.3, 0.4) is 0 Å². The Morgan fingerprint density at radius 3 is 2.36 bits per heavy atom. The van der Waals surface area contributed by atoms with Crippen LogP contribution in [0.5, 0.6) is 0 Å². The van der Waals surface area contributed by atoms with Crippen LogP contribution in [0.4, 0.5) is 13.2 Å². The van der Waals surface area contributed by atoms with Crippen molar-refractivity contribution in [2.75, 3.05) is 6.54 Å². The van der Waals surface area contributed by atoms with Crippen molar-refractivity contribution < 1.29 is 27.6 Å². The molecule has 0 saturated heterocycles. The van der Waals surface area contributed by atoms with Gasteiger partial charge in [-0.3, -0.25) is 4.79 Å². The molecule has 0 fully saturated rings. The lowest BCUT2D eigenvalue weighted by Crippen LogP contribution is -2.42. The number of oxime groups is 2. The summed E-state index contributed by atoms with van der Waals surface area (Å²) in [7, 11) is 0. The Kier molecular flexibility index (Phi) is 8.63. The molecule has 0 radical (unpaired) electrons. The minimum atomic E-state index is -4.87. The van der Waals surface area contributed by atoms with Gasteiger partial charge < -0.3 is 15.0 Å². The molecule has 0 aromatic heterocycles. The van der Waals surface area contributed by atoms with Gasteiger partial charge in [0, 0.05) is 23.1 Å². The van der Waals surface area contributed by atoms with Crippen molar-refractivity contribution in [1.82, 2.24) is 5.32 Å². The van der Waals surface area contributed by atoms with Gasteiger partial charge in [-0.05, 0) is 34.5 Å². The summed E-state index contributed by atoms with van der Waals surface area (Å²) in [6.07, 6.45) is -4.10. The van der Waals surface area contributed by atoms with Gasteiger partial charge in [0.2, 0.25) is 0 Å². The fourth-order valence-corrected chi connectivity index (χ4v) is 5.19. The molecular weight excluding hydrogens is 614 g/mol. The Bertz CT molecular complexity index is 1670. The third-order valence-electron chi connectivity index (χ3n) is 6.69. The summed E-state index contributed by atoms with van der Waals surface area (Å²) in [6.45, 7) is 0.392. The van der Waals surface area contributed by atoms with E-state index in [1.807, 2.05) is 30.3 Å². The van der Waals surface area contributed by atoms with Crippen LogP contribution < -0.4 is 5.32 Å². The molecule has 1 aliphatic heterocycles. The zero-order valence-corrected chi connectivity index (χ0v) is 23.9. The molecule has 5 rings (SSSR count). The van der Waals surface area contributed by atoms with Gasteiger partial charge in [0.1, 0.15) is 6.61 Å². The molecule has 1 atom stereocenters. The number of rotatable bonds is 8. The van der Waals surface area contributed by atoms with E-state index in [1.54, 1.807) is 30.3 Å². The molecule has 1 heterocycles. The van der Waals surface area contributed by atoms with Gasteiger partial charge in [0.15, 0.2) is 0 Å². The van der Waals surface area contributed by atoms with Gasteiger partial charge in [-0.15, -0.1) is 0 Å². The zero-order chi connectivity index (χ0) is 29.9. The fraction of sp³-hybridized carbons (Fsp3) is 0.167. The Labute approximate surface area is 253 Å². The number of fused-ring (bicyclic) bond motifs is 1. The van der Waals surface area contributed by atoms with Gasteiger partial charge in [0.05, 0.1) is 33.5 Å². The first-order valence-corrected chi connectivity index (χ1v) is 13.7.